The number of amides is 5. The van der Waals surface area contributed by atoms with E-state index in [0.717, 1.165) is 5.56 Å². The van der Waals surface area contributed by atoms with Crippen molar-refractivity contribution in [3.05, 3.63) is 35.9 Å². The molecule has 5 amide bonds. The standard InChI is InChI=1S/C31H51N5O9/c1-29(2,3)23(36-27(41)43-19-20-14-11-10-12-15-20)22(35-25(38)39)24(37)33-18-21(34-28(42)45-31(7,8)9)16-13-17-32-26(40)44-30(4,5)6/h10-12,14-15,21-23,35H,13,16-19H2,1-9H3,(H,32,40)(H,33,37)(H,34,42)(H,36,41)(H,38,39)/t21-,22-,23?/m0/s1. The molecule has 0 aliphatic carbocycles. The predicted octanol–water partition coefficient (Wildman–Crippen LogP) is 4.28. The number of rotatable bonds is 13. The van der Waals surface area contributed by atoms with Crippen LogP contribution in [0.3, 0.4) is 0 Å². The Bertz CT molecular complexity index is 1120. The van der Waals surface area contributed by atoms with E-state index in [1.807, 2.05) is 6.07 Å². The lowest BCUT2D eigenvalue weighted by Gasteiger charge is -2.36. The Morgan fingerprint density at radius 1 is 0.756 bits per heavy atom. The average Bonchev–Trinajstić information content (AvgIpc) is 2.87. The summed E-state index contributed by atoms with van der Waals surface area (Å²) in [6.45, 7) is 15.7. The maximum atomic E-state index is 13.5. The van der Waals surface area contributed by atoms with Crippen LogP contribution in [-0.4, -0.2) is 77.8 Å². The van der Waals surface area contributed by atoms with Gasteiger partial charge in [0.2, 0.25) is 5.91 Å². The van der Waals surface area contributed by atoms with E-state index in [9.17, 15) is 29.1 Å². The van der Waals surface area contributed by atoms with E-state index in [-0.39, 0.29) is 19.7 Å². The number of alkyl carbamates (subject to hydrolysis) is 3. The molecule has 0 aliphatic heterocycles. The number of nitrogens with one attached hydrogen (secondary N) is 5. The molecule has 6 N–H and O–H groups in total. The number of hydrogen-bond acceptors (Lipinski definition) is 8. The topological polar surface area (TPSA) is 193 Å². The number of ether oxygens (including phenoxy) is 3. The summed E-state index contributed by atoms with van der Waals surface area (Å²) in [5.74, 6) is -0.733. The maximum Gasteiger partial charge on any atom is 0.407 e. The van der Waals surface area contributed by atoms with Crippen molar-refractivity contribution in [1.29, 1.82) is 0 Å². The first-order valence-corrected chi connectivity index (χ1v) is 14.9. The molecule has 1 rings (SSSR count). The van der Waals surface area contributed by atoms with Gasteiger partial charge in [-0.3, -0.25) is 4.79 Å². The molecule has 14 nitrogen and oxygen atoms in total. The molecule has 0 heterocycles. The summed E-state index contributed by atoms with van der Waals surface area (Å²) in [5.41, 5.74) is -1.47. The van der Waals surface area contributed by atoms with Gasteiger partial charge < -0.3 is 45.9 Å². The van der Waals surface area contributed by atoms with E-state index in [4.69, 9.17) is 14.2 Å². The fourth-order valence-corrected chi connectivity index (χ4v) is 4.01. The van der Waals surface area contributed by atoms with E-state index < -0.39 is 65.0 Å². The minimum atomic E-state index is -1.47. The molecule has 0 bridgehead atoms. The smallest absolute Gasteiger partial charge is 0.407 e. The summed E-state index contributed by atoms with van der Waals surface area (Å²) in [7, 11) is 0. The summed E-state index contributed by atoms with van der Waals surface area (Å²) >= 11 is 0. The lowest BCUT2D eigenvalue weighted by atomic mass is 9.81. The second-order valence-corrected chi connectivity index (χ2v) is 13.6. The number of benzene rings is 1. The average molecular weight is 638 g/mol. The van der Waals surface area contributed by atoms with Crippen molar-refractivity contribution in [3.63, 3.8) is 0 Å². The third-order valence-corrected chi connectivity index (χ3v) is 5.96. The van der Waals surface area contributed by atoms with Crippen LogP contribution in [0, 0.1) is 5.41 Å². The normalized spacial score (nSPS) is 13.7. The molecule has 0 spiro atoms. The number of hydrogen-bond donors (Lipinski definition) is 6. The van der Waals surface area contributed by atoms with E-state index in [2.05, 4.69) is 26.6 Å². The van der Waals surface area contributed by atoms with Crippen LogP contribution in [0.2, 0.25) is 0 Å². The molecule has 254 valence electrons. The molecular weight excluding hydrogens is 586 g/mol. The second kappa shape index (κ2) is 17.3. The first kappa shape index (κ1) is 38.8. The molecular formula is C31H51N5O9. The first-order valence-electron chi connectivity index (χ1n) is 14.9. The number of carboxylic acid groups (broad SMARTS) is 1. The highest BCUT2D eigenvalue weighted by Crippen LogP contribution is 2.23. The molecule has 3 atom stereocenters. The molecule has 0 aromatic heterocycles. The maximum absolute atomic E-state index is 13.5. The Labute approximate surface area is 265 Å². The van der Waals surface area contributed by atoms with Gasteiger partial charge in [0, 0.05) is 19.1 Å². The van der Waals surface area contributed by atoms with E-state index >= 15 is 0 Å². The lowest BCUT2D eigenvalue weighted by molar-refractivity contribution is -0.124. The van der Waals surface area contributed by atoms with Gasteiger partial charge in [-0.1, -0.05) is 51.1 Å². The number of carbonyl (C=O) groups is 5. The number of carbonyl (C=O) groups excluding carboxylic acids is 4. The van der Waals surface area contributed by atoms with Crippen molar-refractivity contribution in [1.82, 2.24) is 26.6 Å². The van der Waals surface area contributed by atoms with Crippen LogP contribution in [0.4, 0.5) is 19.2 Å². The molecule has 0 saturated heterocycles. The zero-order chi connectivity index (χ0) is 34.4. The van der Waals surface area contributed by atoms with Crippen molar-refractivity contribution >= 4 is 30.3 Å². The summed E-state index contributed by atoms with van der Waals surface area (Å²) in [6.07, 6.45) is -2.87. The van der Waals surface area contributed by atoms with Crippen molar-refractivity contribution < 1.29 is 43.3 Å². The third kappa shape index (κ3) is 17.6. The SMILES string of the molecule is CC(C)(C)OC(=O)NCCC[C@@H](CNC(=O)[C@@H](NC(=O)O)C(NC(=O)OCc1ccccc1)C(C)(C)C)NC(=O)OC(C)(C)C. The lowest BCUT2D eigenvalue weighted by Crippen LogP contribution is -2.63. The summed E-state index contributed by atoms with van der Waals surface area (Å²) < 4.78 is 15.9. The minimum Gasteiger partial charge on any atom is -0.465 e. The minimum absolute atomic E-state index is 0.0203. The van der Waals surface area contributed by atoms with Crippen LogP contribution >= 0.6 is 0 Å². The van der Waals surface area contributed by atoms with Gasteiger partial charge in [0.25, 0.3) is 0 Å². The molecule has 0 aliphatic rings. The fraction of sp³-hybridized carbons (Fsp3) is 0.645. The van der Waals surface area contributed by atoms with Gasteiger partial charge in [0.15, 0.2) is 0 Å². The Hall–Kier alpha value is -4.23. The van der Waals surface area contributed by atoms with E-state index in [1.54, 1.807) is 86.6 Å². The van der Waals surface area contributed by atoms with Crippen molar-refractivity contribution in [2.75, 3.05) is 13.1 Å². The van der Waals surface area contributed by atoms with Crippen LogP contribution in [0.1, 0.15) is 80.7 Å². The van der Waals surface area contributed by atoms with Gasteiger partial charge in [-0.25, -0.2) is 19.2 Å². The zero-order valence-electron chi connectivity index (χ0n) is 27.9. The first-order chi connectivity index (χ1) is 20.7. The monoisotopic (exact) mass is 637 g/mol. The molecule has 1 unspecified atom stereocenters. The van der Waals surface area contributed by atoms with Crippen molar-refractivity contribution in [2.24, 2.45) is 5.41 Å². The highest BCUT2D eigenvalue weighted by Gasteiger charge is 2.39. The summed E-state index contributed by atoms with van der Waals surface area (Å²) in [6, 6.07) is 5.91. The van der Waals surface area contributed by atoms with Gasteiger partial charge in [0.1, 0.15) is 23.9 Å². The third-order valence-electron chi connectivity index (χ3n) is 5.96. The fourth-order valence-electron chi connectivity index (χ4n) is 4.01. The summed E-state index contributed by atoms with van der Waals surface area (Å²) in [5, 5.41) is 22.4. The zero-order valence-corrected chi connectivity index (χ0v) is 27.9. The predicted molar refractivity (Wildman–Crippen MR) is 168 cm³/mol. The van der Waals surface area contributed by atoms with Crippen LogP contribution in [0.15, 0.2) is 30.3 Å². The van der Waals surface area contributed by atoms with E-state index in [0.29, 0.717) is 12.8 Å². The second-order valence-electron chi connectivity index (χ2n) is 13.6. The molecule has 1 aromatic carbocycles. The Morgan fingerprint density at radius 3 is 1.87 bits per heavy atom. The van der Waals surface area contributed by atoms with Crippen molar-refractivity contribution in [2.45, 2.75) is 111 Å². The Balaban J connectivity index is 3.00. The molecule has 0 fully saturated rings. The molecule has 45 heavy (non-hydrogen) atoms. The van der Waals surface area contributed by atoms with Gasteiger partial charge >= 0.3 is 24.4 Å². The van der Waals surface area contributed by atoms with E-state index in [1.165, 1.54) is 0 Å². The quantitative estimate of drug-likeness (QED) is 0.135. The van der Waals surface area contributed by atoms with Gasteiger partial charge in [-0.2, -0.15) is 0 Å². The largest absolute Gasteiger partial charge is 0.465 e. The molecule has 14 heteroatoms. The summed E-state index contributed by atoms with van der Waals surface area (Å²) in [4.78, 5) is 62.4. The van der Waals surface area contributed by atoms with Gasteiger partial charge in [-0.15, -0.1) is 0 Å². The highest BCUT2D eigenvalue weighted by atomic mass is 16.6. The highest BCUT2D eigenvalue weighted by molar-refractivity contribution is 5.87. The van der Waals surface area contributed by atoms with Crippen LogP contribution in [-0.2, 0) is 25.6 Å². The van der Waals surface area contributed by atoms with Crippen molar-refractivity contribution in [3.8, 4) is 0 Å². The molecule has 0 radical (unpaired) electrons. The Morgan fingerprint density at radius 2 is 1.33 bits per heavy atom. The van der Waals surface area contributed by atoms with Crippen LogP contribution < -0.4 is 26.6 Å². The van der Waals surface area contributed by atoms with Gasteiger partial charge in [0.05, 0.1) is 6.04 Å². The van der Waals surface area contributed by atoms with Crippen LogP contribution in [0.5, 0.6) is 0 Å². The van der Waals surface area contributed by atoms with Crippen LogP contribution in [0.25, 0.3) is 0 Å². The van der Waals surface area contributed by atoms with Gasteiger partial charge in [-0.05, 0) is 65.4 Å². The molecule has 1 aromatic rings. The molecule has 0 saturated carbocycles. The Kier molecular flexibility index (Phi) is 14.9.